The van der Waals surface area contributed by atoms with Crippen molar-refractivity contribution in [3.63, 3.8) is 0 Å². The van der Waals surface area contributed by atoms with Crippen molar-refractivity contribution in [2.45, 2.75) is 0 Å². The molecule has 0 fully saturated rings. The highest BCUT2D eigenvalue weighted by Gasteiger charge is 2.10. The van der Waals surface area contributed by atoms with Gasteiger partial charge in [-0.15, -0.1) is 0 Å². The van der Waals surface area contributed by atoms with Crippen molar-refractivity contribution in [3.8, 4) is 0 Å². The maximum absolute atomic E-state index is 5.84. The molecule has 1 rings (SSSR count). The SMILES string of the molecule is C=Cc1ncnc(Cl)c1C(=C)OC. The lowest BCUT2D eigenvalue weighted by Crippen LogP contribution is -1.96. The summed E-state index contributed by atoms with van der Waals surface area (Å²) in [4.78, 5) is 7.80. The molecule has 4 heteroatoms. The van der Waals surface area contributed by atoms with Crippen LogP contribution in [0.25, 0.3) is 11.8 Å². The van der Waals surface area contributed by atoms with E-state index in [2.05, 4.69) is 23.1 Å². The summed E-state index contributed by atoms with van der Waals surface area (Å²) in [7, 11) is 1.51. The fourth-order valence-electron chi connectivity index (χ4n) is 0.891. The summed E-state index contributed by atoms with van der Waals surface area (Å²) in [6, 6.07) is 0. The highest BCUT2D eigenvalue weighted by Crippen LogP contribution is 2.23. The van der Waals surface area contributed by atoms with E-state index in [0.717, 1.165) is 0 Å². The van der Waals surface area contributed by atoms with Crippen LogP contribution in [0.1, 0.15) is 11.3 Å². The molecule has 0 unspecified atom stereocenters. The molecule has 0 aliphatic rings. The Morgan fingerprint density at radius 2 is 2.31 bits per heavy atom. The van der Waals surface area contributed by atoms with Gasteiger partial charge in [0.15, 0.2) is 0 Å². The van der Waals surface area contributed by atoms with Crippen LogP contribution in [0.2, 0.25) is 5.15 Å². The summed E-state index contributed by atoms with van der Waals surface area (Å²) in [6.45, 7) is 7.28. The first-order chi connectivity index (χ1) is 6.20. The van der Waals surface area contributed by atoms with Gasteiger partial charge in [0.1, 0.15) is 17.2 Å². The van der Waals surface area contributed by atoms with Crippen LogP contribution in [-0.4, -0.2) is 17.1 Å². The van der Waals surface area contributed by atoms with Crippen LogP contribution in [0.5, 0.6) is 0 Å². The van der Waals surface area contributed by atoms with Crippen molar-refractivity contribution < 1.29 is 4.74 Å². The third-order valence-electron chi connectivity index (χ3n) is 1.55. The van der Waals surface area contributed by atoms with Crippen LogP contribution in [0.15, 0.2) is 19.5 Å². The standard InChI is InChI=1S/C9H9ClN2O/c1-4-7-8(6(2)13-3)9(10)12-5-11-7/h4-5H,1-2H2,3H3. The van der Waals surface area contributed by atoms with Crippen LogP contribution in [0, 0.1) is 0 Å². The van der Waals surface area contributed by atoms with Gasteiger partial charge in [0.05, 0.1) is 18.4 Å². The second-order valence-corrected chi connectivity index (χ2v) is 2.61. The molecule has 3 nitrogen and oxygen atoms in total. The number of methoxy groups -OCH3 is 1. The van der Waals surface area contributed by atoms with Crippen molar-refractivity contribution in [2.24, 2.45) is 0 Å². The molecule has 13 heavy (non-hydrogen) atoms. The molecular weight excluding hydrogens is 188 g/mol. The lowest BCUT2D eigenvalue weighted by molar-refractivity contribution is 0.371. The monoisotopic (exact) mass is 196 g/mol. The normalized spacial score (nSPS) is 9.38. The lowest BCUT2D eigenvalue weighted by Gasteiger charge is -2.07. The summed E-state index contributed by atoms with van der Waals surface area (Å²) in [6.07, 6.45) is 2.94. The van der Waals surface area contributed by atoms with Crippen LogP contribution >= 0.6 is 11.6 Å². The van der Waals surface area contributed by atoms with Gasteiger partial charge >= 0.3 is 0 Å². The van der Waals surface area contributed by atoms with E-state index in [1.807, 2.05) is 0 Å². The van der Waals surface area contributed by atoms with Gasteiger partial charge in [-0.1, -0.05) is 24.8 Å². The molecule has 68 valence electrons. The summed E-state index contributed by atoms with van der Waals surface area (Å²) in [5.41, 5.74) is 1.20. The van der Waals surface area contributed by atoms with Crippen LogP contribution in [0.4, 0.5) is 0 Å². The van der Waals surface area contributed by atoms with Crippen LogP contribution in [0.3, 0.4) is 0 Å². The van der Waals surface area contributed by atoms with E-state index in [-0.39, 0.29) is 0 Å². The van der Waals surface area contributed by atoms with Gasteiger partial charge in [0, 0.05) is 0 Å². The minimum atomic E-state index is 0.316. The average molecular weight is 197 g/mol. The first kappa shape index (κ1) is 9.74. The zero-order valence-corrected chi connectivity index (χ0v) is 8.01. The second-order valence-electron chi connectivity index (χ2n) is 2.26. The molecule has 0 aliphatic carbocycles. The molecule has 0 N–H and O–H groups in total. The van der Waals surface area contributed by atoms with Gasteiger partial charge < -0.3 is 4.74 Å². The van der Waals surface area contributed by atoms with Gasteiger partial charge in [-0.05, 0) is 6.08 Å². The molecule has 0 aliphatic heterocycles. The molecule has 1 heterocycles. The minimum Gasteiger partial charge on any atom is -0.497 e. The molecule has 0 bridgehead atoms. The van der Waals surface area contributed by atoms with Crippen LogP contribution < -0.4 is 0 Å². The van der Waals surface area contributed by atoms with Gasteiger partial charge in [-0.25, -0.2) is 9.97 Å². The smallest absolute Gasteiger partial charge is 0.143 e. The number of halogens is 1. The van der Waals surface area contributed by atoms with E-state index in [4.69, 9.17) is 16.3 Å². The van der Waals surface area contributed by atoms with E-state index in [9.17, 15) is 0 Å². The lowest BCUT2D eigenvalue weighted by atomic mass is 10.2. The summed E-state index contributed by atoms with van der Waals surface area (Å²) in [5, 5.41) is 0.316. The molecule has 0 aromatic carbocycles. The van der Waals surface area contributed by atoms with Crippen molar-refractivity contribution in [1.82, 2.24) is 9.97 Å². The molecule has 1 aromatic rings. The molecule has 0 atom stereocenters. The Morgan fingerprint density at radius 3 is 2.85 bits per heavy atom. The van der Waals surface area contributed by atoms with Crippen molar-refractivity contribution in [2.75, 3.05) is 7.11 Å². The third kappa shape index (κ3) is 1.87. The van der Waals surface area contributed by atoms with E-state index >= 15 is 0 Å². The summed E-state index contributed by atoms with van der Waals surface area (Å²) < 4.78 is 4.95. The van der Waals surface area contributed by atoms with Gasteiger partial charge in [-0.3, -0.25) is 0 Å². The predicted octanol–water partition coefficient (Wildman–Crippen LogP) is 2.39. The molecule has 0 radical (unpaired) electrons. The number of nitrogens with zero attached hydrogens (tertiary/aromatic N) is 2. The molecule has 0 saturated carbocycles. The maximum atomic E-state index is 5.84. The Kier molecular flexibility index (Phi) is 3.03. The Hall–Kier alpha value is -1.35. The fourth-order valence-corrected chi connectivity index (χ4v) is 1.14. The van der Waals surface area contributed by atoms with E-state index in [1.54, 1.807) is 6.08 Å². The molecular formula is C9H9ClN2O. The quantitative estimate of drug-likeness (QED) is 0.550. The summed E-state index contributed by atoms with van der Waals surface area (Å²) >= 11 is 5.84. The summed E-state index contributed by atoms with van der Waals surface area (Å²) in [5.74, 6) is 0.431. The van der Waals surface area contributed by atoms with Crippen molar-refractivity contribution >= 4 is 23.4 Å². The molecule has 0 amide bonds. The molecule has 1 aromatic heterocycles. The Labute approximate surface area is 81.7 Å². The maximum Gasteiger partial charge on any atom is 0.143 e. The van der Waals surface area contributed by atoms with Crippen molar-refractivity contribution in [3.05, 3.63) is 35.9 Å². The zero-order chi connectivity index (χ0) is 9.84. The highest BCUT2D eigenvalue weighted by molar-refractivity contribution is 6.31. The highest BCUT2D eigenvalue weighted by atomic mass is 35.5. The number of ether oxygens (including phenoxy) is 1. The van der Waals surface area contributed by atoms with Gasteiger partial charge in [-0.2, -0.15) is 0 Å². The zero-order valence-electron chi connectivity index (χ0n) is 7.25. The predicted molar refractivity (Wildman–Crippen MR) is 53.2 cm³/mol. The van der Waals surface area contributed by atoms with E-state index in [1.165, 1.54) is 13.4 Å². The fraction of sp³-hybridized carbons (Fsp3) is 0.111. The Bertz CT molecular complexity index is 349. The second kappa shape index (κ2) is 4.05. The number of hydrogen-bond acceptors (Lipinski definition) is 3. The average Bonchev–Trinajstić information content (AvgIpc) is 2.16. The van der Waals surface area contributed by atoms with Gasteiger partial charge in [0.2, 0.25) is 0 Å². The van der Waals surface area contributed by atoms with Gasteiger partial charge in [0.25, 0.3) is 0 Å². The molecule has 0 saturated heterocycles. The number of hydrogen-bond donors (Lipinski definition) is 0. The number of aromatic nitrogens is 2. The first-order valence-electron chi connectivity index (χ1n) is 3.57. The topological polar surface area (TPSA) is 35.0 Å². The van der Waals surface area contributed by atoms with Crippen LogP contribution in [-0.2, 0) is 4.74 Å². The largest absolute Gasteiger partial charge is 0.497 e. The van der Waals surface area contributed by atoms with E-state index < -0.39 is 0 Å². The Balaban J connectivity index is 3.30. The number of rotatable bonds is 3. The minimum absolute atomic E-state index is 0.316. The van der Waals surface area contributed by atoms with E-state index in [0.29, 0.717) is 22.2 Å². The van der Waals surface area contributed by atoms with Crippen molar-refractivity contribution in [1.29, 1.82) is 0 Å². The molecule has 0 spiro atoms. The third-order valence-corrected chi connectivity index (χ3v) is 1.84. The first-order valence-corrected chi connectivity index (χ1v) is 3.94. The Morgan fingerprint density at radius 1 is 1.62 bits per heavy atom.